The molecule has 0 atom stereocenters. The van der Waals surface area contributed by atoms with Crippen molar-refractivity contribution >= 4 is 23.2 Å². The van der Waals surface area contributed by atoms with Crippen LogP contribution in [0.5, 0.6) is 0 Å². The second kappa shape index (κ2) is 6.53. The maximum Gasteiger partial charge on any atom is 0.253 e. The van der Waals surface area contributed by atoms with Crippen LogP contribution in [0.1, 0.15) is 18.4 Å². The van der Waals surface area contributed by atoms with E-state index < -0.39 is 5.41 Å². The zero-order valence-electron chi connectivity index (χ0n) is 14.2. The summed E-state index contributed by atoms with van der Waals surface area (Å²) in [7, 11) is 0. The average Bonchev–Trinajstić information content (AvgIpc) is 3.45. The van der Waals surface area contributed by atoms with Gasteiger partial charge in [-0.1, -0.05) is 18.2 Å². The highest BCUT2D eigenvalue weighted by Crippen LogP contribution is 2.49. The van der Waals surface area contributed by atoms with Crippen molar-refractivity contribution in [3.05, 3.63) is 59.9 Å². The molecule has 2 aliphatic rings. The summed E-state index contributed by atoms with van der Waals surface area (Å²) in [6.07, 6.45) is 1.28. The molecule has 1 aliphatic carbocycles. The molecule has 0 spiro atoms. The third-order valence-electron chi connectivity index (χ3n) is 5.00. The Bertz CT molecular complexity index is 846. The maximum atomic E-state index is 14.1. The van der Waals surface area contributed by atoms with Gasteiger partial charge in [-0.25, -0.2) is 4.39 Å². The number of halogens is 1. The van der Waals surface area contributed by atoms with E-state index in [0.717, 1.165) is 5.69 Å². The molecule has 2 fully saturated rings. The molecular weight excluding hydrogens is 335 g/mol. The van der Waals surface area contributed by atoms with Crippen LogP contribution in [0.3, 0.4) is 0 Å². The van der Waals surface area contributed by atoms with Crippen LogP contribution in [-0.4, -0.2) is 31.6 Å². The molecule has 2 aromatic rings. The number of hydrogen-bond donors (Lipinski definition) is 1. The van der Waals surface area contributed by atoms with Crippen LogP contribution < -0.4 is 10.2 Å². The molecule has 1 aliphatic heterocycles. The van der Waals surface area contributed by atoms with Gasteiger partial charge in [0.15, 0.2) is 0 Å². The number of rotatable bonds is 4. The predicted octanol–water partition coefficient (Wildman–Crippen LogP) is 2.86. The van der Waals surface area contributed by atoms with Crippen LogP contribution in [0.15, 0.2) is 48.5 Å². The first-order valence-electron chi connectivity index (χ1n) is 8.65. The van der Waals surface area contributed by atoms with Crippen molar-refractivity contribution in [1.29, 1.82) is 0 Å². The number of benzene rings is 2. The lowest BCUT2D eigenvalue weighted by Gasteiger charge is -2.27. The van der Waals surface area contributed by atoms with Crippen molar-refractivity contribution in [2.24, 2.45) is 0 Å². The summed E-state index contributed by atoms with van der Waals surface area (Å²) < 4.78 is 19.2. The number of morpholine rings is 1. The zero-order chi connectivity index (χ0) is 18.1. The van der Waals surface area contributed by atoms with Gasteiger partial charge >= 0.3 is 0 Å². The van der Waals surface area contributed by atoms with Gasteiger partial charge in [-0.3, -0.25) is 9.59 Å². The lowest BCUT2D eigenvalue weighted by Crippen LogP contribution is -2.41. The lowest BCUT2D eigenvalue weighted by molar-refractivity contribution is -0.125. The molecule has 1 saturated carbocycles. The SMILES string of the molecule is O=C1COCCN1c1ccc(NC(=O)C2(c3ccccc3F)CC2)cc1. The summed E-state index contributed by atoms with van der Waals surface area (Å²) in [5.41, 5.74) is 1.08. The van der Waals surface area contributed by atoms with Gasteiger partial charge in [0.1, 0.15) is 12.4 Å². The molecule has 2 aromatic carbocycles. The van der Waals surface area contributed by atoms with E-state index in [-0.39, 0.29) is 24.2 Å². The third-order valence-corrected chi connectivity index (χ3v) is 5.00. The number of nitrogens with zero attached hydrogens (tertiary/aromatic N) is 1. The van der Waals surface area contributed by atoms with Crippen molar-refractivity contribution in [3.63, 3.8) is 0 Å². The Balaban J connectivity index is 1.48. The summed E-state index contributed by atoms with van der Waals surface area (Å²) in [6, 6.07) is 13.5. The molecule has 5 nitrogen and oxygen atoms in total. The van der Waals surface area contributed by atoms with Crippen LogP contribution in [0.25, 0.3) is 0 Å². The fourth-order valence-corrected chi connectivity index (χ4v) is 3.36. The van der Waals surface area contributed by atoms with Gasteiger partial charge in [0.25, 0.3) is 5.91 Å². The monoisotopic (exact) mass is 354 g/mol. The summed E-state index contributed by atoms with van der Waals surface area (Å²) in [6.45, 7) is 1.11. The highest BCUT2D eigenvalue weighted by Gasteiger charge is 2.52. The number of hydrogen-bond acceptors (Lipinski definition) is 3. The van der Waals surface area contributed by atoms with Crippen LogP contribution >= 0.6 is 0 Å². The fraction of sp³-hybridized carbons (Fsp3) is 0.300. The van der Waals surface area contributed by atoms with Gasteiger partial charge in [-0.15, -0.1) is 0 Å². The number of carbonyl (C=O) groups is 2. The number of nitrogens with one attached hydrogen (secondary N) is 1. The van der Waals surface area contributed by atoms with Gasteiger partial charge in [0.05, 0.1) is 12.0 Å². The molecule has 26 heavy (non-hydrogen) atoms. The summed E-state index contributed by atoms with van der Waals surface area (Å²) >= 11 is 0. The van der Waals surface area contributed by atoms with Gasteiger partial charge in [0, 0.05) is 23.5 Å². The Morgan fingerprint density at radius 3 is 2.50 bits per heavy atom. The van der Waals surface area contributed by atoms with Crippen LogP contribution in [0.4, 0.5) is 15.8 Å². The molecule has 0 unspecified atom stereocenters. The van der Waals surface area contributed by atoms with Crippen molar-refractivity contribution in [1.82, 2.24) is 0 Å². The molecule has 1 saturated heterocycles. The van der Waals surface area contributed by atoms with Gasteiger partial charge < -0.3 is 15.0 Å². The zero-order valence-corrected chi connectivity index (χ0v) is 14.2. The molecule has 0 radical (unpaired) electrons. The molecule has 134 valence electrons. The van der Waals surface area contributed by atoms with Gasteiger partial charge in [0.2, 0.25) is 5.91 Å². The Morgan fingerprint density at radius 2 is 1.85 bits per heavy atom. The highest BCUT2D eigenvalue weighted by atomic mass is 19.1. The van der Waals surface area contributed by atoms with E-state index in [2.05, 4.69) is 5.32 Å². The second-order valence-electron chi connectivity index (χ2n) is 6.66. The molecular formula is C20H19FN2O3. The van der Waals surface area contributed by atoms with E-state index >= 15 is 0 Å². The number of ether oxygens (including phenoxy) is 1. The first-order valence-corrected chi connectivity index (χ1v) is 8.65. The van der Waals surface area contributed by atoms with Gasteiger partial charge in [-0.05, 0) is 43.2 Å². The lowest BCUT2D eigenvalue weighted by atomic mass is 9.94. The Hall–Kier alpha value is -2.73. The van der Waals surface area contributed by atoms with Crippen molar-refractivity contribution in [3.8, 4) is 0 Å². The predicted molar refractivity (Wildman–Crippen MR) is 95.6 cm³/mol. The molecule has 1 N–H and O–H groups in total. The molecule has 4 rings (SSSR count). The molecule has 1 heterocycles. The Morgan fingerprint density at radius 1 is 1.12 bits per heavy atom. The normalized spacial score (nSPS) is 18.5. The minimum atomic E-state index is -0.774. The maximum absolute atomic E-state index is 14.1. The van der Waals surface area contributed by atoms with E-state index in [1.807, 2.05) is 0 Å². The Labute approximate surface area is 150 Å². The molecule has 2 amide bonds. The average molecular weight is 354 g/mol. The number of carbonyl (C=O) groups excluding carboxylic acids is 2. The standard InChI is InChI=1S/C20H19FN2O3/c21-17-4-2-1-3-16(17)20(9-10-20)19(25)22-14-5-7-15(8-6-14)23-11-12-26-13-18(23)24/h1-8H,9-13H2,(H,22,25). The first-order chi connectivity index (χ1) is 12.6. The fourth-order valence-electron chi connectivity index (χ4n) is 3.36. The Kier molecular flexibility index (Phi) is 4.20. The highest BCUT2D eigenvalue weighted by molar-refractivity contribution is 6.01. The third kappa shape index (κ3) is 2.97. The quantitative estimate of drug-likeness (QED) is 0.919. The second-order valence-corrected chi connectivity index (χ2v) is 6.66. The van der Waals surface area contributed by atoms with E-state index in [4.69, 9.17) is 4.74 Å². The molecule has 6 heteroatoms. The van der Waals surface area contributed by atoms with Crippen molar-refractivity contribution in [2.75, 3.05) is 30.0 Å². The van der Waals surface area contributed by atoms with E-state index in [1.54, 1.807) is 47.4 Å². The van der Waals surface area contributed by atoms with E-state index in [0.29, 0.717) is 37.2 Å². The summed E-state index contributed by atoms with van der Waals surface area (Å²) in [4.78, 5) is 26.3. The largest absolute Gasteiger partial charge is 0.370 e. The first kappa shape index (κ1) is 16.7. The van der Waals surface area contributed by atoms with Crippen LogP contribution in [-0.2, 0) is 19.7 Å². The number of amides is 2. The topological polar surface area (TPSA) is 58.6 Å². The number of anilines is 2. The minimum absolute atomic E-state index is 0.0791. The smallest absolute Gasteiger partial charge is 0.253 e. The van der Waals surface area contributed by atoms with E-state index in [1.165, 1.54) is 6.07 Å². The molecule has 0 aromatic heterocycles. The minimum Gasteiger partial charge on any atom is -0.370 e. The van der Waals surface area contributed by atoms with Crippen LogP contribution in [0, 0.1) is 5.82 Å². The van der Waals surface area contributed by atoms with Crippen molar-refractivity contribution < 1.29 is 18.7 Å². The summed E-state index contributed by atoms with van der Waals surface area (Å²) in [5, 5.41) is 2.88. The van der Waals surface area contributed by atoms with Gasteiger partial charge in [-0.2, -0.15) is 0 Å². The van der Waals surface area contributed by atoms with E-state index in [9.17, 15) is 14.0 Å². The van der Waals surface area contributed by atoms with Crippen LogP contribution in [0.2, 0.25) is 0 Å². The summed E-state index contributed by atoms with van der Waals surface area (Å²) in [5.74, 6) is -0.622. The molecule has 0 bridgehead atoms. The van der Waals surface area contributed by atoms with Crippen molar-refractivity contribution in [2.45, 2.75) is 18.3 Å².